The highest BCUT2D eigenvalue weighted by molar-refractivity contribution is 5.65. The van der Waals surface area contributed by atoms with Gasteiger partial charge < -0.3 is 10.2 Å². The van der Waals surface area contributed by atoms with Crippen LogP contribution in [-0.2, 0) is 6.42 Å². The molecule has 0 atom stereocenters. The number of nitrogens with one attached hydrogen (secondary N) is 1. The summed E-state index contributed by atoms with van der Waals surface area (Å²) in [6.07, 6.45) is 6.03. The Bertz CT molecular complexity index is 872. The van der Waals surface area contributed by atoms with Gasteiger partial charge in [0.25, 0.3) is 0 Å². The Balaban J connectivity index is 1.69. The molecule has 0 bridgehead atoms. The maximum absolute atomic E-state index is 9.18. The molecule has 25 heavy (non-hydrogen) atoms. The van der Waals surface area contributed by atoms with E-state index in [4.69, 9.17) is 0 Å². The Morgan fingerprint density at radius 3 is 2.72 bits per heavy atom. The molecule has 0 amide bonds. The summed E-state index contributed by atoms with van der Waals surface area (Å²) in [6.45, 7) is 0.829. The summed E-state index contributed by atoms with van der Waals surface area (Å²) in [6, 6.07) is 15.4. The van der Waals surface area contributed by atoms with E-state index in [1.54, 1.807) is 18.5 Å². The smallest absolute Gasteiger partial charge is 0.135 e. The molecule has 6 nitrogen and oxygen atoms in total. The number of rotatable bonds is 6. The maximum atomic E-state index is 9.18. The summed E-state index contributed by atoms with van der Waals surface area (Å²) >= 11 is 0. The predicted molar refractivity (Wildman–Crippen MR) is 97.7 cm³/mol. The van der Waals surface area contributed by atoms with Gasteiger partial charge in [-0.3, -0.25) is 4.98 Å². The fraction of sp³-hybridized carbons (Fsp3) is 0.158. The minimum atomic E-state index is 0.578. The highest BCUT2D eigenvalue weighted by atomic mass is 15.2. The van der Waals surface area contributed by atoms with Crippen LogP contribution in [0.15, 0.2) is 61.2 Å². The van der Waals surface area contributed by atoms with Gasteiger partial charge in [-0.2, -0.15) is 5.26 Å². The maximum Gasteiger partial charge on any atom is 0.135 e. The molecule has 3 rings (SSSR count). The van der Waals surface area contributed by atoms with Crippen molar-refractivity contribution in [1.82, 2.24) is 15.0 Å². The quantitative estimate of drug-likeness (QED) is 0.748. The van der Waals surface area contributed by atoms with E-state index in [1.807, 2.05) is 43.4 Å². The Morgan fingerprint density at radius 2 is 1.92 bits per heavy atom. The van der Waals surface area contributed by atoms with Crippen molar-refractivity contribution in [3.8, 4) is 6.07 Å². The molecule has 124 valence electrons. The molecule has 0 saturated heterocycles. The second kappa shape index (κ2) is 7.88. The minimum absolute atomic E-state index is 0.578. The molecule has 0 saturated carbocycles. The van der Waals surface area contributed by atoms with Crippen molar-refractivity contribution in [2.24, 2.45) is 0 Å². The zero-order valence-electron chi connectivity index (χ0n) is 13.9. The fourth-order valence-corrected chi connectivity index (χ4v) is 2.41. The van der Waals surface area contributed by atoms with Crippen LogP contribution in [0, 0.1) is 11.3 Å². The van der Waals surface area contributed by atoms with E-state index >= 15 is 0 Å². The monoisotopic (exact) mass is 330 g/mol. The van der Waals surface area contributed by atoms with Gasteiger partial charge in [-0.05, 0) is 36.2 Å². The Kier molecular flexibility index (Phi) is 5.17. The van der Waals surface area contributed by atoms with Crippen molar-refractivity contribution in [2.45, 2.75) is 6.42 Å². The molecule has 0 aliphatic carbocycles. The second-order valence-corrected chi connectivity index (χ2v) is 5.57. The van der Waals surface area contributed by atoms with Gasteiger partial charge in [-0.25, -0.2) is 9.97 Å². The lowest BCUT2D eigenvalue weighted by atomic mass is 10.2. The van der Waals surface area contributed by atoms with Gasteiger partial charge >= 0.3 is 0 Å². The molecule has 0 fully saturated rings. The third kappa shape index (κ3) is 4.30. The Labute approximate surface area is 146 Å². The van der Waals surface area contributed by atoms with Gasteiger partial charge in [0.1, 0.15) is 24.0 Å². The zero-order valence-corrected chi connectivity index (χ0v) is 13.9. The zero-order chi connectivity index (χ0) is 17.5. The first-order valence-corrected chi connectivity index (χ1v) is 7.94. The normalized spacial score (nSPS) is 10.1. The molecular weight excluding hydrogens is 312 g/mol. The number of hydrogen-bond acceptors (Lipinski definition) is 6. The summed E-state index contributed by atoms with van der Waals surface area (Å²) in [7, 11) is 2.00. The number of benzene rings is 1. The molecule has 0 spiro atoms. The van der Waals surface area contributed by atoms with Crippen LogP contribution in [0.2, 0.25) is 0 Å². The van der Waals surface area contributed by atoms with Gasteiger partial charge in [-0.15, -0.1) is 0 Å². The number of para-hydroxylation sites is 1. The molecule has 1 aromatic carbocycles. The first-order valence-electron chi connectivity index (χ1n) is 7.94. The van der Waals surface area contributed by atoms with E-state index in [1.165, 1.54) is 11.9 Å². The van der Waals surface area contributed by atoms with Crippen LogP contribution < -0.4 is 10.2 Å². The SMILES string of the molecule is CN(CCc1ccncc1)c1cc(Nc2ccccc2C#N)ncn1. The lowest BCUT2D eigenvalue weighted by Gasteiger charge is -2.18. The summed E-state index contributed by atoms with van der Waals surface area (Å²) < 4.78 is 0. The van der Waals surface area contributed by atoms with Crippen LogP contribution in [-0.4, -0.2) is 28.5 Å². The first kappa shape index (κ1) is 16.4. The largest absolute Gasteiger partial charge is 0.359 e. The molecule has 2 heterocycles. The topological polar surface area (TPSA) is 77.7 Å². The van der Waals surface area contributed by atoms with Gasteiger partial charge in [0.2, 0.25) is 0 Å². The number of nitrogens with zero attached hydrogens (tertiary/aromatic N) is 5. The van der Waals surface area contributed by atoms with Crippen molar-refractivity contribution in [1.29, 1.82) is 5.26 Å². The van der Waals surface area contributed by atoms with Gasteiger partial charge in [0, 0.05) is 32.1 Å². The second-order valence-electron chi connectivity index (χ2n) is 5.57. The average molecular weight is 330 g/mol. The molecule has 1 N–H and O–H groups in total. The third-order valence-corrected chi connectivity index (χ3v) is 3.84. The van der Waals surface area contributed by atoms with Crippen LogP contribution in [0.5, 0.6) is 0 Å². The van der Waals surface area contributed by atoms with Crippen molar-refractivity contribution >= 4 is 17.3 Å². The summed E-state index contributed by atoms with van der Waals surface area (Å²) in [5.41, 5.74) is 2.54. The van der Waals surface area contributed by atoms with Crippen molar-refractivity contribution in [3.05, 3.63) is 72.3 Å². The number of nitriles is 1. The highest BCUT2D eigenvalue weighted by Gasteiger charge is 2.07. The van der Waals surface area contributed by atoms with E-state index in [0.717, 1.165) is 24.5 Å². The highest BCUT2D eigenvalue weighted by Crippen LogP contribution is 2.21. The molecule has 3 aromatic rings. The molecule has 0 aliphatic rings. The minimum Gasteiger partial charge on any atom is -0.359 e. The van der Waals surface area contributed by atoms with Crippen LogP contribution in [0.3, 0.4) is 0 Å². The number of hydrogen-bond donors (Lipinski definition) is 1. The lowest BCUT2D eigenvalue weighted by Crippen LogP contribution is -2.21. The molecule has 0 unspecified atom stereocenters. The summed E-state index contributed by atoms with van der Waals surface area (Å²) in [5, 5.41) is 12.4. The van der Waals surface area contributed by atoms with E-state index < -0.39 is 0 Å². The average Bonchev–Trinajstić information content (AvgIpc) is 2.67. The molecule has 0 radical (unpaired) electrons. The number of anilines is 3. The molecular formula is C19H18N6. The van der Waals surface area contributed by atoms with Crippen LogP contribution >= 0.6 is 0 Å². The van der Waals surface area contributed by atoms with Crippen LogP contribution in [0.1, 0.15) is 11.1 Å². The Morgan fingerprint density at radius 1 is 1.12 bits per heavy atom. The van der Waals surface area contributed by atoms with E-state index in [2.05, 4.69) is 31.2 Å². The molecule has 6 heteroatoms. The summed E-state index contributed by atoms with van der Waals surface area (Å²) in [4.78, 5) is 14.7. The molecule has 0 aliphatic heterocycles. The molecule has 2 aromatic heterocycles. The fourth-order valence-electron chi connectivity index (χ4n) is 2.41. The lowest BCUT2D eigenvalue weighted by molar-refractivity contribution is 0.855. The van der Waals surface area contributed by atoms with Gasteiger partial charge in [0.05, 0.1) is 11.3 Å². The van der Waals surface area contributed by atoms with Crippen LogP contribution in [0.25, 0.3) is 0 Å². The third-order valence-electron chi connectivity index (χ3n) is 3.84. The van der Waals surface area contributed by atoms with Gasteiger partial charge in [0.15, 0.2) is 0 Å². The van der Waals surface area contributed by atoms with E-state index in [0.29, 0.717) is 11.4 Å². The predicted octanol–water partition coefficient (Wildman–Crippen LogP) is 3.17. The van der Waals surface area contributed by atoms with E-state index in [9.17, 15) is 5.26 Å². The van der Waals surface area contributed by atoms with E-state index in [-0.39, 0.29) is 0 Å². The summed E-state index contributed by atoms with van der Waals surface area (Å²) in [5.74, 6) is 1.48. The Hall–Kier alpha value is -3.46. The van der Waals surface area contributed by atoms with Crippen molar-refractivity contribution in [2.75, 3.05) is 23.8 Å². The van der Waals surface area contributed by atoms with Gasteiger partial charge in [-0.1, -0.05) is 12.1 Å². The number of pyridine rings is 1. The number of likely N-dealkylation sites (N-methyl/N-ethyl adjacent to an activating group) is 1. The first-order chi connectivity index (χ1) is 12.3. The standard InChI is InChI=1S/C19H18N6/c1-25(11-8-15-6-9-21-10-7-15)19-12-18(22-14-23-19)24-17-5-3-2-4-16(17)13-20/h2-7,9-10,12,14H,8,11H2,1H3,(H,22,23,24). The van der Waals surface area contributed by atoms with Crippen LogP contribution in [0.4, 0.5) is 17.3 Å². The van der Waals surface area contributed by atoms with Crippen molar-refractivity contribution in [3.63, 3.8) is 0 Å². The van der Waals surface area contributed by atoms with Crippen molar-refractivity contribution < 1.29 is 0 Å². The number of aromatic nitrogens is 3.